The van der Waals surface area contributed by atoms with Gasteiger partial charge in [-0.3, -0.25) is 0 Å². The van der Waals surface area contributed by atoms with Gasteiger partial charge in [-0.15, -0.1) is 0 Å². The molecular formula is C18H16FNO5S. The molecule has 0 atom stereocenters. The number of esters is 1. The zero-order valence-corrected chi connectivity index (χ0v) is 14.9. The first-order chi connectivity index (χ1) is 12.4. The van der Waals surface area contributed by atoms with Crippen LogP contribution in [0.2, 0.25) is 0 Å². The Labute approximate surface area is 150 Å². The van der Waals surface area contributed by atoms with Crippen molar-refractivity contribution >= 4 is 27.2 Å². The van der Waals surface area contributed by atoms with Crippen LogP contribution in [0.1, 0.15) is 6.92 Å². The molecule has 6 nitrogen and oxygen atoms in total. The maximum Gasteiger partial charge on any atom is 0.351 e. The Morgan fingerprint density at radius 3 is 2.46 bits per heavy atom. The van der Waals surface area contributed by atoms with Crippen LogP contribution in [0.25, 0.3) is 0 Å². The lowest BCUT2D eigenvalue weighted by molar-refractivity contribution is -0.137. The second kappa shape index (κ2) is 6.80. The summed E-state index contributed by atoms with van der Waals surface area (Å²) in [5.41, 5.74) is 0.819. The lowest BCUT2D eigenvalue weighted by Gasteiger charge is -2.28. The van der Waals surface area contributed by atoms with Gasteiger partial charge in [0.2, 0.25) is 9.84 Å². The Morgan fingerprint density at radius 1 is 1.15 bits per heavy atom. The van der Waals surface area contributed by atoms with E-state index in [-0.39, 0.29) is 17.2 Å². The SMILES string of the molecule is CCOC(=O)C1=CN(c2ccc(OC)cc2)c2ccc(F)cc2S1(=O)=O. The highest BCUT2D eigenvalue weighted by atomic mass is 32.2. The molecule has 0 aromatic heterocycles. The number of nitrogens with zero attached hydrogens (tertiary/aromatic N) is 1. The van der Waals surface area contributed by atoms with Gasteiger partial charge in [0.25, 0.3) is 0 Å². The van der Waals surface area contributed by atoms with Crippen LogP contribution >= 0.6 is 0 Å². The van der Waals surface area contributed by atoms with Gasteiger partial charge < -0.3 is 14.4 Å². The van der Waals surface area contributed by atoms with Crippen molar-refractivity contribution in [1.82, 2.24) is 0 Å². The third-order valence-corrected chi connectivity index (χ3v) is 5.59. The van der Waals surface area contributed by atoms with Crippen LogP contribution < -0.4 is 9.64 Å². The second-order valence-electron chi connectivity index (χ2n) is 5.40. The van der Waals surface area contributed by atoms with Gasteiger partial charge in [0.05, 0.1) is 24.3 Å². The van der Waals surface area contributed by atoms with Gasteiger partial charge >= 0.3 is 5.97 Å². The predicted octanol–water partition coefficient (Wildman–Crippen LogP) is 3.16. The van der Waals surface area contributed by atoms with E-state index in [4.69, 9.17) is 9.47 Å². The van der Waals surface area contributed by atoms with Crippen molar-refractivity contribution in [3.8, 4) is 5.75 Å². The Morgan fingerprint density at radius 2 is 1.85 bits per heavy atom. The van der Waals surface area contributed by atoms with Crippen LogP contribution in [0.3, 0.4) is 0 Å². The van der Waals surface area contributed by atoms with Crippen molar-refractivity contribution in [2.75, 3.05) is 18.6 Å². The molecule has 0 spiro atoms. The minimum atomic E-state index is -4.20. The molecule has 136 valence electrons. The highest BCUT2D eigenvalue weighted by Crippen LogP contribution is 2.40. The van der Waals surface area contributed by atoms with Crippen molar-refractivity contribution in [3.63, 3.8) is 0 Å². The number of sulfone groups is 1. The predicted molar refractivity (Wildman–Crippen MR) is 93.4 cm³/mol. The van der Waals surface area contributed by atoms with Crippen molar-refractivity contribution in [2.24, 2.45) is 0 Å². The number of carbonyl (C=O) groups is 1. The molecular weight excluding hydrogens is 361 g/mol. The Bertz CT molecular complexity index is 983. The van der Waals surface area contributed by atoms with E-state index in [1.54, 1.807) is 31.2 Å². The van der Waals surface area contributed by atoms with E-state index in [9.17, 15) is 17.6 Å². The molecule has 1 heterocycles. The summed E-state index contributed by atoms with van der Waals surface area (Å²) in [7, 11) is -2.67. The fraction of sp³-hybridized carbons (Fsp3) is 0.167. The van der Waals surface area contributed by atoms with E-state index in [0.717, 1.165) is 12.1 Å². The molecule has 0 amide bonds. The van der Waals surface area contributed by atoms with Gasteiger partial charge in [0, 0.05) is 11.9 Å². The Kier molecular flexibility index (Phi) is 4.69. The lowest BCUT2D eigenvalue weighted by Crippen LogP contribution is -2.26. The zero-order chi connectivity index (χ0) is 18.9. The molecule has 0 unspecified atom stereocenters. The number of ether oxygens (including phenoxy) is 2. The molecule has 0 saturated heterocycles. The second-order valence-corrected chi connectivity index (χ2v) is 7.28. The highest BCUT2D eigenvalue weighted by molar-refractivity contribution is 7.96. The molecule has 0 radical (unpaired) electrons. The third-order valence-electron chi connectivity index (χ3n) is 3.83. The van der Waals surface area contributed by atoms with Crippen LogP contribution in [0, 0.1) is 5.82 Å². The maximum atomic E-state index is 13.7. The number of halogens is 1. The number of rotatable bonds is 4. The number of hydrogen-bond acceptors (Lipinski definition) is 6. The molecule has 3 rings (SSSR count). The lowest BCUT2D eigenvalue weighted by atomic mass is 10.2. The minimum Gasteiger partial charge on any atom is -0.497 e. The molecule has 0 bridgehead atoms. The highest BCUT2D eigenvalue weighted by Gasteiger charge is 2.37. The first-order valence-corrected chi connectivity index (χ1v) is 9.23. The monoisotopic (exact) mass is 377 g/mol. The van der Waals surface area contributed by atoms with Gasteiger partial charge in [0.1, 0.15) is 11.6 Å². The fourth-order valence-electron chi connectivity index (χ4n) is 2.60. The number of carbonyl (C=O) groups excluding carboxylic acids is 1. The molecule has 0 N–H and O–H groups in total. The minimum absolute atomic E-state index is 0.0181. The zero-order valence-electron chi connectivity index (χ0n) is 14.1. The molecule has 0 fully saturated rings. The molecule has 2 aromatic rings. The van der Waals surface area contributed by atoms with E-state index in [1.807, 2.05) is 0 Å². The number of hydrogen-bond donors (Lipinski definition) is 0. The number of anilines is 2. The average Bonchev–Trinajstić information content (AvgIpc) is 2.62. The van der Waals surface area contributed by atoms with Crippen LogP contribution in [-0.4, -0.2) is 28.1 Å². The molecule has 0 saturated carbocycles. The van der Waals surface area contributed by atoms with Crippen LogP contribution in [0.5, 0.6) is 5.75 Å². The first kappa shape index (κ1) is 17.9. The molecule has 2 aromatic carbocycles. The van der Waals surface area contributed by atoms with Crippen molar-refractivity contribution in [2.45, 2.75) is 11.8 Å². The quantitative estimate of drug-likeness (QED) is 0.762. The third kappa shape index (κ3) is 3.03. The van der Waals surface area contributed by atoms with Crippen molar-refractivity contribution in [1.29, 1.82) is 0 Å². The van der Waals surface area contributed by atoms with Crippen LogP contribution in [0.15, 0.2) is 58.5 Å². The smallest absolute Gasteiger partial charge is 0.351 e. The van der Waals surface area contributed by atoms with Gasteiger partial charge in [0.15, 0.2) is 4.91 Å². The normalized spacial score (nSPS) is 15.0. The largest absolute Gasteiger partial charge is 0.497 e. The number of benzene rings is 2. The van der Waals surface area contributed by atoms with E-state index in [1.165, 1.54) is 24.3 Å². The summed E-state index contributed by atoms with van der Waals surface area (Å²) in [6.07, 6.45) is 1.19. The topological polar surface area (TPSA) is 72.9 Å². The summed E-state index contributed by atoms with van der Waals surface area (Å²) < 4.78 is 49.2. The number of methoxy groups -OCH3 is 1. The van der Waals surface area contributed by atoms with E-state index in [2.05, 4.69) is 0 Å². The first-order valence-electron chi connectivity index (χ1n) is 7.75. The Balaban J connectivity index is 2.21. The molecule has 8 heteroatoms. The summed E-state index contributed by atoms with van der Waals surface area (Å²) in [5, 5.41) is 0. The summed E-state index contributed by atoms with van der Waals surface area (Å²) in [6.45, 7) is 1.59. The molecule has 1 aliphatic heterocycles. The Hall–Kier alpha value is -2.87. The molecule has 1 aliphatic rings. The summed E-state index contributed by atoms with van der Waals surface area (Å²) in [5.74, 6) is -1.08. The van der Waals surface area contributed by atoms with E-state index < -0.39 is 26.5 Å². The standard InChI is InChI=1S/C18H16FNO5S/c1-3-25-18(21)17-11-20(13-5-7-14(24-2)8-6-13)15-9-4-12(19)10-16(15)26(17,22)23/h4-11H,3H2,1-2H3. The van der Waals surface area contributed by atoms with Gasteiger partial charge in [-0.05, 0) is 49.4 Å². The molecule has 26 heavy (non-hydrogen) atoms. The van der Waals surface area contributed by atoms with E-state index in [0.29, 0.717) is 11.4 Å². The van der Waals surface area contributed by atoms with Crippen LogP contribution in [-0.2, 0) is 19.4 Å². The van der Waals surface area contributed by atoms with Gasteiger partial charge in [-0.25, -0.2) is 17.6 Å². The van der Waals surface area contributed by atoms with Crippen molar-refractivity contribution < 1.29 is 27.1 Å². The van der Waals surface area contributed by atoms with Crippen molar-refractivity contribution in [3.05, 3.63) is 59.4 Å². The average molecular weight is 377 g/mol. The van der Waals surface area contributed by atoms with Gasteiger partial charge in [-0.1, -0.05) is 0 Å². The summed E-state index contributed by atoms with van der Waals surface area (Å²) in [4.78, 5) is 12.8. The van der Waals surface area contributed by atoms with E-state index >= 15 is 0 Å². The fourth-order valence-corrected chi connectivity index (χ4v) is 4.07. The van der Waals surface area contributed by atoms with Crippen LogP contribution in [0.4, 0.5) is 15.8 Å². The summed E-state index contributed by atoms with van der Waals surface area (Å²) >= 11 is 0. The summed E-state index contributed by atoms with van der Waals surface area (Å²) in [6, 6.07) is 10.2. The maximum absolute atomic E-state index is 13.7. The van der Waals surface area contributed by atoms with Gasteiger partial charge in [-0.2, -0.15) is 0 Å². The molecule has 0 aliphatic carbocycles. The number of fused-ring (bicyclic) bond motifs is 1.